The fraction of sp³-hybridized carbons (Fsp3) is 0.529. The van der Waals surface area contributed by atoms with Crippen molar-refractivity contribution < 1.29 is 29.3 Å². The van der Waals surface area contributed by atoms with Crippen molar-refractivity contribution in [1.82, 2.24) is 10.6 Å². The van der Waals surface area contributed by atoms with Crippen molar-refractivity contribution in [3.63, 3.8) is 0 Å². The van der Waals surface area contributed by atoms with Crippen LogP contribution in [0.2, 0.25) is 0 Å². The van der Waals surface area contributed by atoms with Crippen LogP contribution < -0.4 is 15.4 Å². The number of aliphatic hydroxyl groups is 2. The normalized spacial score (nSPS) is 25.4. The average molecular weight is 352 g/mol. The second-order valence-corrected chi connectivity index (χ2v) is 5.96. The first kappa shape index (κ1) is 19.2. The molecule has 0 radical (unpaired) electrons. The molecule has 1 fully saturated rings. The number of nitrogens with one attached hydrogen (secondary N) is 2. The molecule has 0 aromatic heterocycles. The van der Waals surface area contributed by atoms with Crippen molar-refractivity contribution in [2.24, 2.45) is 0 Å². The molecule has 2 rings (SSSR count). The number of aliphatic hydroxyl groups excluding tert-OH is 2. The fourth-order valence-electron chi connectivity index (χ4n) is 2.61. The number of methoxy groups -OCH3 is 1. The number of benzene rings is 1. The average Bonchev–Trinajstić information content (AvgIpc) is 2.86. The second kappa shape index (κ2) is 8.80. The number of ether oxygens (including phenoxy) is 2. The van der Waals surface area contributed by atoms with E-state index >= 15 is 0 Å². The summed E-state index contributed by atoms with van der Waals surface area (Å²) in [5.74, 6) is 0.176. The lowest BCUT2D eigenvalue weighted by atomic mass is 10.1. The summed E-state index contributed by atoms with van der Waals surface area (Å²) in [7, 11) is 1.58. The minimum Gasteiger partial charge on any atom is -0.497 e. The van der Waals surface area contributed by atoms with E-state index < -0.39 is 24.4 Å². The Labute approximate surface area is 146 Å². The maximum Gasteiger partial charge on any atom is 0.222 e. The SMILES string of the molecule is COc1ccc(CNC(=O)CC2OC(CNC(C)=O)C(O)C2O)cc1. The molecular formula is C17H24N2O6. The third-order valence-electron chi connectivity index (χ3n) is 4.05. The van der Waals surface area contributed by atoms with Gasteiger partial charge in [-0.3, -0.25) is 9.59 Å². The van der Waals surface area contributed by atoms with Gasteiger partial charge in [0.2, 0.25) is 11.8 Å². The number of hydrogen-bond donors (Lipinski definition) is 4. The minimum absolute atomic E-state index is 0.0784. The van der Waals surface area contributed by atoms with Crippen molar-refractivity contribution in [2.45, 2.75) is 44.3 Å². The van der Waals surface area contributed by atoms with Gasteiger partial charge in [0.05, 0.1) is 19.6 Å². The Balaban J connectivity index is 1.80. The van der Waals surface area contributed by atoms with Gasteiger partial charge in [-0.2, -0.15) is 0 Å². The molecule has 0 bridgehead atoms. The number of rotatable bonds is 7. The van der Waals surface area contributed by atoms with Crippen LogP contribution in [0.15, 0.2) is 24.3 Å². The molecule has 1 heterocycles. The summed E-state index contributed by atoms with van der Waals surface area (Å²) >= 11 is 0. The molecule has 8 heteroatoms. The first-order valence-electron chi connectivity index (χ1n) is 8.06. The number of carbonyl (C=O) groups excluding carboxylic acids is 2. The lowest BCUT2D eigenvalue weighted by molar-refractivity contribution is -0.125. The van der Waals surface area contributed by atoms with Crippen LogP contribution in [0.25, 0.3) is 0 Å². The molecule has 1 aromatic carbocycles. The molecule has 0 spiro atoms. The van der Waals surface area contributed by atoms with Gasteiger partial charge < -0.3 is 30.3 Å². The molecule has 0 aliphatic carbocycles. The summed E-state index contributed by atoms with van der Waals surface area (Å²) < 4.78 is 10.6. The van der Waals surface area contributed by atoms with Crippen molar-refractivity contribution >= 4 is 11.8 Å². The van der Waals surface area contributed by atoms with Crippen molar-refractivity contribution in [1.29, 1.82) is 0 Å². The van der Waals surface area contributed by atoms with Gasteiger partial charge in [-0.15, -0.1) is 0 Å². The highest BCUT2D eigenvalue weighted by Crippen LogP contribution is 2.23. The van der Waals surface area contributed by atoms with Crippen LogP contribution in [-0.2, 0) is 20.9 Å². The molecule has 1 aliphatic rings. The highest BCUT2D eigenvalue weighted by Gasteiger charge is 2.43. The summed E-state index contributed by atoms with van der Waals surface area (Å²) in [5.41, 5.74) is 0.908. The van der Waals surface area contributed by atoms with E-state index in [0.29, 0.717) is 6.54 Å². The zero-order valence-electron chi connectivity index (χ0n) is 14.3. The van der Waals surface area contributed by atoms with Crippen LogP contribution in [0.4, 0.5) is 0 Å². The van der Waals surface area contributed by atoms with E-state index in [4.69, 9.17) is 9.47 Å². The van der Waals surface area contributed by atoms with E-state index in [9.17, 15) is 19.8 Å². The van der Waals surface area contributed by atoms with E-state index in [1.807, 2.05) is 12.1 Å². The number of carbonyl (C=O) groups is 2. The summed E-state index contributed by atoms with van der Waals surface area (Å²) in [6.07, 6.45) is -3.95. The van der Waals surface area contributed by atoms with E-state index in [1.54, 1.807) is 19.2 Å². The summed E-state index contributed by atoms with van der Waals surface area (Å²) in [4.78, 5) is 23.0. The molecule has 1 aromatic rings. The standard InChI is InChI=1S/C17H24N2O6/c1-10(20)18-9-14-17(23)16(22)13(25-14)7-15(21)19-8-11-3-5-12(24-2)6-4-11/h3-6,13-14,16-17,22-23H,7-9H2,1-2H3,(H,18,20)(H,19,21). The molecule has 8 nitrogen and oxygen atoms in total. The van der Waals surface area contributed by atoms with E-state index in [1.165, 1.54) is 6.92 Å². The molecule has 1 aliphatic heterocycles. The van der Waals surface area contributed by atoms with Crippen molar-refractivity contribution in [3.8, 4) is 5.75 Å². The van der Waals surface area contributed by atoms with E-state index in [-0.39, 0.29) is 24.8 Å². The highest BCUT2D eigenvalue weighted by atomic mass is 16.5. The Kier molecular flexibility index (Phi) is 6.74. The molecule has 2 amide bonds. The van der Waals surface area contributed by atoms with Crippen molar-refractivity contribution in [3.05, 3.63) is 29.8 Å². The minimum atomic E-state index is -1.18. The Hall–Kier alpha value is -2.16. The van der Waals surface area contributed by atoms with Gasteiger partial charge >= 0.3 is 0 Å². The fourth-order valence-corrected chi connectivity index (χ4v) is 2.61. The van der Waals surface area contributed by atoms with Crippen LogP contribution in [0.5, 0.6) is 5.75 Å². The first-order chi connectivity index (χ1) is 11.9. The Morgan fingerprint density at radius 3 is 2.36 bits per heavy atom. The molecule has 4 unspecified atom stereocenters. The predicted molar refractivity (Wildman–Crippen MR) is 88.8 cm³/mol. The van der Waals surface area contributed by atoms with Gasteiger partial charge in [-0.25, -0.2) is 0 Å². The molecule has 138 valence electrons. The molecule has 1 saturated heterocycles. The van der Waals surface area contributed by atoms with Crippen LogP contribution in [0.3, 0.4) is 0 Å². The third kappa shape index (κ3) is 5.42. The Bertz CT molecular complexity index is 591. The van der Waals surface area contributed by atoms with Gasteiger partial charge in [-0.05, 0) is 17.7 Å². The van der Waals surface area contributed by atoms with Gasteiger partial charge in [0.15, 0.2) is 0 Å². The summed E-state index contributed by atoms with van der Waals surface area (Å²) in [6.45, 7) is 1.77. The van der Waals surface area contributed by atoms with E-state index in [0.717, 1.165) is 11.3 Å². The van der Waals surface area contributed by atoms with Gasteiger partial charge in [-0.1, -0.05) is 12.1 Å². The third-order valence-corrected chi connectivity index (χ3v) is 4.05. The summed E-state index contributed by atoms with van der Waals surface area (Å²) in [5, 5.41) is 25.2. The largest absolute Gasteiger partial charge is 0.497 e. The Morgan fingerprint density at radius 2 is 1.76 bits per heavy atom. The first-order valence-corrected chi connectivity index (χ1v) is 8.06. The quantitative estimate of drug-likeness (QED) is 0.517. The maximum absolute atomic E-state index is 12.0. The van der Waals surface area contributed by atoms with Crippen molar-refractivity contribution in [2.75, 3.05) is 13.7 Å². The van der Waals surface area contributed by atoms with E-state index in [2.05, 4.69) is 10.6 Å². The highest BCUT2D eigenvalue weighted by molar-refractivity contribution is 5.76. The van der Waals surface area contributed by atoms with Crippen LogP contribution >= 0.6 is 0 Å². The molecule has 4 atom stereocenters. The van der Waals surface area contributed by atoms with Crippen LogP contribution in [0.1, 0.15) is 18.9 Å². The number of amides is 2. The molecular weight excluding hydrogens is 328 g/mol. The predicted octanol–water partition coefficient (Wildman–Crippen LogP) is -0.673. The zero-order chi connectivity index (χ0) is 18.4. The van der Waals surface area contributed by atoms with Gasteiger partial charge in [0.1, 0.15) is 24.1 Å². The topological polar surface area (TPSA) is 117 Å². The maximum atomic E-state index is 12.0. The van der Waals surface area contributed by atoms with Gasteiger partial charge in [0, 0.05) is 20.0 Å². The summed E-state index contributed by atoms with van der Waals surface area (Å²) in [6, 6.07) is 7.28. The second-order valence-electron chi connectivity index (χ2n) is 5.96. The smallest absolute Gasteiger partial charge is 0.222 e. The molecule has 25 heavy (non-hydrogen) atoms. The zero-order valence-corrected chi connectivity index (χ0v) is 14.3. The molecule has 0 saturated carbocycles. The van der Waals surface area contributed by atoms with Gasteiger partial charge in [0.25, 0.3) is 0 Å². The lowest BCUT2D eigenvalue weighted by Crippen LogP contribution is -2.39. The Morgan fingerprint density at radius 1 is 1.12 bits per heavy atom. The lowest BCUT2D eigenvalue weighted by Gasteiger charge is -2.14. The monoisotopic (exact) mass is 352 g/mol. The number of hydrogen-bond acceptors (Lipinski definition) is 6. The molecule has 4 N–H and O–H groups in total. The van der Waals surface area contributed by atoms with Crippen LogP contribution in [0, 0.1) is 0 Å². The van der Waals surface area contributed by atoms with Crippen LogP contribution in [-0.4, -0.2) is 60.1 Å².